The second-order valence-corrected chi connectivity index (χ2v) is 2.14. The summed E-state index contributed by atoms with van der Waals surface area (Å²) in [5.41, 5.74) is 5.75. The van der Waals surface area contributed by atoms with Crippen molar-refractivity contribution < 1.29 is 4.39 Å². The SMILES string of the molecule is Nc1[nH]nc2nc(F)ccc12. The molecule has 0 aliphatic rings. The van der Waals surface area contributed by atoms with E-state index in [9.17, 15) is 4.39 Å². The summed E-state index contributed by atoms with van der Waals surface area (Å²) < 4.78 is 12.4. The van der Waals surface area contributed by atoms with Crippen LogP contribution in [0, 0.1) is 5.95 Å². The Morgan fingerprint density at radius 2 is 2.27 bits per heavy atom. The number of aromatic nitrogens is 3. The van der Waals surface area contributed by atoms with Crippen molar-refractivity contribution >= 4 is 16.9 Å². The Kier molecular flexibility index (Phi) is 1.06. The molecule has 2 rings (SSSR count). The average molecular weight is 152 g/mol. The number of hydrogen-bond acceptors (Lipinski definition) is 3. The lowest BCUT2D eigenvalue weighted by atomic mass is 10.3. The summed E-state index contributed by atoms with van der Waals surface area (Å²) in [4.78, 5) is 3.51. The number of halogens is 1. The first-order valence-electron chi connectivity index (χ1n) is 3.03. The first kappa shape index (κ1) is 6.09. The summed E-state index contributed by atoms with van der Waals surface area (Å²) in [6.07, 6.45) is 0. The molecule has 11 heavy (non-hydrogen) atoms. The largest absolute Gasteiger partial charge is 0.384 e. The number of fused-ring (bicyclic) bond motifs is 1. The van der Waals surface area contributed by atoms with Gasteiger partial charge in [0.1, 0.15) is 5.82 Å². The van der Waals surface area contributed by atoms with Crippen LogP contribution in [0.1, 0.15) is 0 Å². The molecule has 4 nitrogen and oxygen atoms in total. The van der Waals surface area contributed by atoms with Gasteiger partial charge in [0.25, 0.3) is 0 Å². The van der Waals surface area contributed by atoms with Crippen molar-refractivity contribution in [2.24, 2.45) is 0 Å². The van der Waals surface area contributed by atoms with Gasteiger partial charge in [0.2, 0.25) is 5.95 Å². The van der Waals surface area contributed by atoms with E-state index in [1.54, 1.807) is 0 Å². The lowest BCUT2D eigenvalue weighted by Gasteiger charge is -1.87. The highest BCUT2D eigenvalue weighted by molar-refractivity contribution is 5.85. The second-order valence-electron chi connectivity index (χ2n) is 2.14. The molecule has 0 atom stereocenters. The number of rotatable bonds is 0. The maximum absolute atomic E-state index is 12.4. The fraction of sp³-hybridized carbons (Fsp3) is 0. The van der Waals surface area contributed by atoms with Gasteiger partial charge in [0.15, 0.2) is 5.65 Å². The normalized spacial score (nSPS) is 10.6. The van der Waals surface area contributed by atoms with E-state index in [0.29, 0.717) is 16.9 Å². The van der Waals surface area contributed by atoms with Crippen molar-refractivity contribution in [1.29, 1.82) is 0 Å². The first-order chi connectivity index (χ1) is 5.27. The third-order valence-electron chi connectivity index (χ3n) is 1.41. The number of aromatic amines is 1. The van der Waals surface area contributed by atoms with E-state index < -0.39 is 5.95 Å². The van der Waals surface area contributed by atoms with Gasteiger partial charge in [-0.15, -0.1) is 0 Å². The molecule has 0 fully saturated rings. The van der Waals surface area contributed by atoms with E-state index in [2.05, 4.69) is 15.2 Å². The van der Waals surface area contributed by atoms with Gasteiger partial charge in [0, 0.05) is 0 Å². The lowest BCUT2D eigenvalue weighted by Crippen LogP contribution is -1.84. The molecule has 0 spiro atoms. The van der Waals surface area contributed by atoms with Gasteiger partial charge in [-0.3, -0.25) is 5.10 Å². The van der Waals surface area contributed by atoms with E-state index in [-0.39, 0.29) is 0 Å². The van der Waals surface area contributed by atoms with Crippen LogP contribution in [0.2, 0.25) is 0 Å². The highest BCUT2D eigenvalue weighted by Gasteiger charge is 2.02. The average Bonchev–Trinajstić information content (AvgIpc) is 2.32. The Balaban J connectivity index is 2.86. The third-order valence-corrected chi connectivity index (χ3v) is 1.41. The van der Waals surface area contributed by atoms with E-state index in [0.717, 1.165) is 0 Å². The molecule has 2 aromatic rings. The minimum atomic E-state index is -0.552. The van der Waals surface area contributed by atoms with Crippen molar-refractivity contribution in [3.05, 3.63) is 18.1 Å². The fourth-order valence-corrected chi connectivity index (χ4v) is 0.894. The van der Waals surface area contributed by atoms with Crippen molar-refractivity contribution in [2.75, 3.05) is 5.73 Å². The number of nitrogens with zero attached hydrogens (tertiary/aromatic N) is 2. The van der Waals surface area contributed by atoms with Crippen LogP contribution in [0.3, 0.4) is 0 Å². The van der Waals surface area contributed by atoms with E-state index in [1.807, 2.05) is 0 Å². The summed E-state index contributed by atoms with van der Waals surface area (Å²) >= 11 is 0. The number of nitrogens with two attached hydrogens (primary N) is 1. The molecule has 0 radical (unpaired) electrons. The summed E-state index contributed by atoms with van der Waals surface area (Å²) in [5, 5.41) is 6.83. The van der Waals surface area contributed by atoms with Gasteiger partial charge in [-0.1, -0.05) is 0 Å². The van der Waals surface area contributed by atoms with E-state index in [1.165, 1.54) is 12.1 Å². The molecule has 0 bridgehead atoms. The number of nitrogens with one attached hydrogen (secondary N) is 1. The number of nitrogen functional groups attached to an aromatic ring is 1. The molecule has 0 aliphatic carbocycles. The van der Waals surface area contributed by atoms with Gasteiger partial charge >= 0.3 is 0 Å². The molecular weight excluding hydrogens is 147 g/mol. The zero-order valence-electron chi connectivity index (χ0n) is 5.50. The van der Waals surface area contributed by atoms with Crippen molar-refractivity contribution in [1.82, 2.24) is 15.2 Å². The molecular formula is C6H5FN4. The van der Waals surface area contributed by atoms with E-state index in [4.69, 9.17) is 5.73 Å². The number of hydrogen-bond donors (Lipinski definition) is 2. The zero-order chi connectivity index (χ0) is 7.84. The lowest BCUT2D eigenvalue weighted by molar-refractivity contribution is 0.588. The Morgan fingerprint density at radius 3 is 3.09 bits per heavy atom. The van der Waals surface area contributed by atoms with Gasteiger partial charge < -0.3 is 5.73 Å². The smallest absolute Gasteiger partial charge is 0.214 e. The zero-order valence-corrected chi connectivity index (χ0v) is 5.50. The standard InChI is InChI=1S/C6H5FN4/c7-4-2-1-3-5(8)10-11-6(3)9-4/h1-2H,(H3,8,9,10,11). The Labute approximate surface area is 61.2 Å². The topological polar surface area (TPSA) is 67.6 Å². The quantitative estimate of drug-likeness (QED) is 0.545. The van der Waals surface area contributed by atoms with E-state index >= 15 is 0 Å². The molecule has 0 amide bonds. The first-order valence-corrected chi connectivity index (χ1v) is 3.03. The summed E-state index contributed by atoms with van der Waals surface area (Å²) in [6, 6.07) is 2.78. The Bertz CT molecular complexity index is 394. The van der Waals surface area contributed by atoms with Crippen LogP contribution < -0.4 is 5.73 Å². The summed E-state index contributed by atoms with van der Waals surface area (Å²) in [7, 11) is 0. The van der Waals surface area contributed by atoms with Crippen LogP contribution in [0.4, 0.5) is 10.2 Å². The molecule has 3 N–H and O–H groups in total. The molecule has 0 saturated carbocycles. The number of H-pyrrole nitrogens is 1. The molecule has 2 heterocycles. The molecule has 56 valence electrons. The maximum atomic E-state index is 12.4. The number of pyridine rings is 1. The predicted octanol–water partition coefficient (Wildman–Crippen LogP) is 0.679. The van der Waals surface area contributed by atoms with Crippen LogP contribution in [-0.2, 0) is 0 Å². The highest BCUT2D eigenvalue weighted by atomic mass is 19.1. The maximum Gasteiger partial charge on any atom is 0.214 e. The number of anilines is 1. The molecule has 5 heteroatoms. The molecule has 0 unspecified atom stereocenters. The molecule has 2 aromatic heterocycles. The van der Waals surface area contributed by atoms with Crippen LogP contribution in [0.5, 0.6) is 0 Å². The van der Waals surface area contributed by atoms with Crippen LogP contribution >= 0.6 is 0 Å². The third kappa shape index (κ3) is 0.813. The highest BCUT2D eigenvalue weighted by Crippen LogP contribution is 2.14. The minimum Gasteiger partial charge on any atom is -0.384 e. The van der Waals surface area contributed by atoms with Gasteiger partial charge in [0.05, 0.1) is 5.39 Å². The molecule has 0 aromatic carbocycles. The van der Waals surface area contributed by atoms with Crippen LogP contribution in [0.25, 0.3) is 11.0 Å². The van der Waals surface area contributed by atoms with Crippen molar-refractivity contribution in [3.8, 4) is 0 Å². The Morgan fingerprint density at radius 1 is 1.45 bits per heavy atom. The molecule has 0 saturated heterocycles. The summed E-state index contributed by atoms with van der Waals surface area (Å²) in [6.45, 7) is 0. The van der Waals surface area contributed by atoms with Crippen molar-refractivity contribution in [3.63, 3.8) is 0 Å². The van der Waals surface area contributed by atoms with Crippen molar-refractivity contribution in [2.45, 2.75) is 0 Å². The van der Waals surface area contributed by atoms with Gasteiger partial charge in [-0.2, -0.15) is 14.5 Å². The summed E-state index contributed by atoms with van der Waals surface area (Å²) in [5.74, 6) is -0.142. The van der Waals surface area contributed by atoms with Crippen LogP contribution in [0.15, 0.2) is 12.1 Å². The minimum absolute atomic E-state index is 0.308. The molecule has 0 aliphatic heterocycles. The predicted molar refractivity (Wildman–Crippen MR) is 38.3 cm³/mol. The van der Waals surface area contributed by atoms with Gasteiger partial charge in [-0.05, 0) is 12.1 Å². The van der Waals surface area contributed by atoms with Gasteiger partial charge in [-0.25, -0.2) is 0 Å². The fourth-order valence-electron chi connectivity index (χ4n) is 0.894. The Hall–Kier alpha value is -1.65. The second kappa shape index (κ2) is 1.91. The van der Waals surface area contributed by atoms with Crippen LogP contribution in [-0.4, -0.2) is 15.2 Å². The monoisotopic (exact) mass is 152 g/mol.